The van der Waals surface area contributed by atoms with Crippen LogP contribution >= 0.6 is 0 Å². The largest absolute Gasteiger partial charge is 0.493 e. The molecule has 11 nitrogen and oxygen atoms in total. The average Bonchev–Trinajstić information content (AvgIpc) is 2.80. The molecule has 0 saturated carbocycles. The molecule has 33 heavy (non-hydrogen) atoms. The van der Waals surface area contributed by atoms with Gasteiger partial charge in [0.2, 0.25) is 0 Å². The van der Waals surface area contributed by atoms with Gasteiger partial charge < -0.3 is 9.47 Å². The number of carbonyl (C=O) groups excluding carboxylic acids is 1. The lowest BCUT2D eigenvalue weighted by Crippen LogP contribution is -2.18. The van der Waals surface area contributed by atoms with E-state index in [2.05, 4.69) is 10.1 Å². The summed E-state index contributed by atoms with van der Waals surface area (Å²) in [5.74, 6) is -0.257. The van der Waals surface area contributed by atoms with Gasteiger partial charge in [0, 0.05) is 24.0 Å². The Labute approximate surface area is 188 Å². The van der Waals surface area contributed by atoms with Gasteiger partial charge in [-0.05, 0) is 48.9 Å². The summed E-state index contributed by atoms with van der Waals surface area (Å²) >= 11 is 0. The van der Waals surface area contributed by atoms with Crippen molar-refractivity contribution < 1.29 is 27.6 Å². The summed E-state index contributed by atoms with van der Waals surface area (Å²) in [4.78, 5) is 28.2. The third kappa shape index (κ3) is 5.68. The molecule has 1 heterocycles. The van der Waals surface area contributed by atoms with Crippen LogP contribution in [0.15, 0.2) is 70.9 Å². The van der Waals surface area contributed by atoms with Crippen molar-refractivity contribution in [3.8, 4) is 11.5 Å². The van der Waals surface area contributed by atoms with E-state index < -0.39 is 20.9 Å². The first-order valence-corrected chi connectivity index (χ1v) is 10.8. The van der Waals surface area contributed by atoms with Gasteiger partial charge in [0.15, 0.2) is 11.5 Å². The number of pyridine rings is 1. The highest BCUT2D eigenvalue weighted by atomic mass is 32.2. The Balaban J connectivity index is 1.74. The quantitative estimate of drug-likeness (QED) is 0.174. The molecule has 1 N–H and O–H groups in total. The SMILES string of the molecule is COc1cc(/C=N/NS(=O)(=O)c2ccc(C)c([N+](=O)[O-])c2)ccc1OC(=O)c1cccnc1. The monoisotopic (exact) mass is 470 g/mol. The lowest BCUT2D eigenvalue weighted by atomic mass is 10.2. The van der Waals surface area contributed by atoms with Crippen LogP contribution in [0.3, 0.4) is 0 Å². The second-order valence-corrected chi connectivity index (χ2v) is 8.26. The average molecular weight is 470 g/mol. The topological polar surface area (TPSA) is 150 Å². The van der Waals surface area contributed by atoms with Crippen molar-refractivity contribution in [2.45, 2.75) is 11.8 Å². The molecule has 1 aromatic heterocycles. The number of rotatable bonds is 8. The summed E-state index contributed by atoms with van der Waals surface area (Å²) in [7, 11) is -2.75. The zero-order chi connectivity index (χ0) is 24.0. The number of methoxy groups -OCH3 is 1. The second kappa shape index (κ2) is 9.87. The number of carbonyl (C=O) groups is 1. The first kappa shape index (κ1) is 23.3. The molecule has 2 aromatic carbocycles. The molecule has 0 spiro atoms. The van der Waals surface area contributed by atoms with Crippen molar-refractivity contribution in [3.63, 3.8) is 0 Å². The van der Waals surface area contributed by atoms with Crippen LogP contribution in [0.5, 0.6) is 11.5 Å². The zero-order valence-corrected chi connectivity index (χ0v) is 18.3. The first-order valence-electron chi connectivity index (χ1n) is 9.31. The molecular weight excluding hydrogens is 452 g/mol. The molecule has 0 radical (unpaired) electrons. The molecule has 0 fully saturated rings. The number of nitro benzene ring substituents is 1. The zero-order valence-electron chi connectivity index (χ0n) is 17.5. The number of hydrogen-bond acceptors (Lipinski definition) is 9. The van der Waals surface area contributed by atoms with Gasteiger partial charge in [-0.15, -0.1) is 0 Å². The van der Waals surface area contributed by atoms with E-state index >= 15 is 0 Å². The van der Waals surface area contributed by atoms with Crippen molar-refractivity contribution in [2.24, 2.45) is 5.10 Å². The minimum absolute atomic E-state index is 0.149. The highest BCUT2D eigenvalue weighted by molar-refractivity contribution is 7.89. The van der Waals surface area contributed by atoms with Crippen molar-refractivity contribution in [3.05, 3.63) is 87.7 Å². The molecule has 0 aliphatic heterocycles. The molecule has 0 saturated heterocycles. The van der Waals surface area contributed by atoms with Crippen LogP contribution in [0.4, 0.5) is 5.69 Å². The number of hydrogen-bond donors (Lipinski definition) is 1. The summed E-state index contributed by atoms with van der Waals surface area (Å²) in [5, 5.41) is 14.7. The molecule has 170 valence electrons. The van der Waals surface area contributed by atoms with Crippen molar-refractivity contribution in [1.29, 1.82) is 0 Å². The van der Waals surface area contributed by atoms with E-state index in [1.165, 1.54) is 63.0 Å². The Morgan fingerprint density at radius 1 is 1.18 bits per heavy atom. The van der Waals surface area contributed by atoms with Crippen LogP contribution in [-0.4, -0.2) is 37.6 Å². The van der Waals surface area contributed by atoms with Crippen molar-refractivity contribution in [1.82, 2.24) is 9.82 Å². The minimum atomic E-state index is -4.13. The van der Waals surface area contributed by atoms with Crippen LogP contribution in [0, 0.1) is 17.0 Å². The highest BCUT2D eigenvalue weighted by Crippen LogP contribution is 2.28. The van der Waals surface area contributed by atoms with Crippen molar-refractivity contribution >= 4 is 27.9 Å². The fourth-order valence-electron chi connectivity index (χ4n) is 2.67. The van der Waals surface area contributed by atoms with Gasteiger partial charge in [-0.3, -0.25) is 15.1 Å². The smallest absolute Gasteiger partial charge is 0.345 e. The minimum Gasteiger partial charge on any atom is -0.493 e. The Morgan fingerprint density at radius 2 is 1.97 bits per heavy atom. The Bertz CT molecular complexity index is 1330. The predicted octanol–water partition coefficient (Wildman–Crippen LogP) is 2.84. The molecule has 3 aromatic rings. The van der Waals surface area contributed by atoms with Crippen LogP contribution in [-0.2, 0) is 10.0 Å². The molecule has 0 amide bonds. The van der Waals surface area contributed by atoms with E-state index in [1.54, 1.807) is 12.1 Å². The number of nitrogens with zero attached hydrogens (tertiary/aromatic N) is 3. The van der Waals surface area contributed by atoms with Crippen molar-refractivity contribution in [2.75, 3.05) is 7.11 Å². The summed E-state index contributed by atoms with van der Waals surface area (Å²) in [6.45, 7) is 1.51. The van der Waals surface area contributed by atoms with E-state index in [0.717, 1.165) is 6.07 Å². The number of ether oxygens (including phenoxy) is 2. The molecule has 0 unspecified atom stereocenters. The van der Waals surface area contributed by atoms with Crippen LogP contribution in [0.25, 0.3) is 0 Å². The van der Waals surface area contributed by atoms with E-state index in [4.69, 9.17) is 9.47 Å². The number of esters is 1. The van der Waals surface area contributed by atoms with Gasteiger partial charge in [0.1, 0.15) is 0 Å². The molecule has 0 bridgehead atoms. The lowest BCUT2D eigenvalue weighted by Gasteiger charge is -2.10. The molecule has 0 aliphatic rings. The van der Waals surface area contributed by atoms with E-state index in [9.17, 15) is 23.3 Å². The fraction of sp³-hybridized carbons (Fsp3) is 0.0952. The summed E-state index contributed by atoms with van der Waals surface area (Å²) in [5.41, 5.74) is 0.712. The van der Waals surface area contributed by atoms with Gasteiger partial charge in [-0.1, -0.05) is 6.07 Å². The Hall–Kier alpha value is -4.32. The van der Waals surface area contributed by atoms with E-state index in [1.807, 2.05) is 4.83 Å². The number of sulfonamides is 1. The maximum absolute atomic E-state index is 12.4. The molecule has 3 rings (SSSR count). The van der Waals surface area contributed by atoms with E-state index in [0.29, 0.717) is 11.1 Å². The maximum Gasteiger partial charge on any atom is 0.345 e. The second-order valence-electron chi connectivity index (χ2n) is 6.60. The normalized spacial score (nSPS) is 11.2. The number of benzene rings is 2. The fourth-order valence-corrected chi connectivity index (χ4v) is 3.48. The van der Waals surface area contributed by atoms with Gasteiger partial charge in [-0.2, -0.15) is 13.5 Å². The molecular formula is C21H18N4O7S. The molecule has 0 aliphatic carbocycles. The Kier molecular flexibility index (Phi) is 6.98. The third-order valence-corrected chi connectivity index (χ3v) is 5.58. The van der Waals surface area contributed by atoms with Crippen LogP contribution in [0.1, 0.15) is 21.5 Å². The van der Waals surface area contributed by atoms with Crippen LogP contribution in [0.2, 0.25) is 0 Å². The lowest BCUT2D eigenvalue weighted by molar-refractivity contribution is -0.385. The van der Waals surface area contributed by atoms with Gasteiger partial charge >= 0.3 is 5.97 Å². The van der Waals surface area contributed by atoms with Gasteiger partial charge in [0.25, 0.3) is 15.7 Å². The molecule has 12 heteroatoms. The predicted molar refractivity (Wildman–Crippen MR) is 118 cm³/mol. The standard InChI is InChI=1S/C21H18N4O7S/c1-14-5-7-17(11-18(14)25(27)28)33(29,30)24-23-12-15-6-8-19(20(10-15)31-2)32-21(26)16-4-3-9-22-13-16/h3-13,24H,1-2H3/b23-12+. The highest BCUT2D eigenvalue weighted by Gasteiger charge is 2.19. The maximum atomic E-state index is 12.4. The number of aryl methyl sites for hydroxylation is 1. The summed E-state index contributed by atoms with van der Waals surface area (Å²) in [6, 6.07) is 11.2. The number of nitro groups is 1. The first-order chi connectivity index (χ1) is 15.7. The molecule has 0 atom stereocenters. The number of hydrazone groups is 1. The number of nitrogens with one attached hydrogen (secondary N) is 1. The number of aromatic nitrogens is 1. The third-order valence-electron chi connectivity index (χ3n) is 4.36. The Morgan fingerprint density at radius 3 is 2.64 bits per heavy atom. The van der Waals surface area contributed by atoms with Gasteiger partial charge in [-0.25, -0.2) is 9.63 Å². The van der Waals surface area contributed by atoms with Crippen LogP contribution < -0.4 is 14.3 Å². The summed E-state index contributed by atoms with van der Waals surface area (Å²) < 4.78 is 35.4. The summed E-state index contributed by atoms with van der Waals surface area (Å²) in [6.07, 6.45) is 4.10. The van der Waals surface area contributed by atoms with Gasteiger partial charge in [0.05, 0.1) is 28.7 Å². The van der Waals surface area contributed by atoms with E-state index in [-0.39, 0.29) is 27.6 Å².